The van der Waals surface area contributed by atoms with E-state index in [-0.39, 0.29) is 21.7 Å². The van der Waals surface area contributed by atoms with Crippen molar-refractivity contribution in [2.75, 3.05) is 0 Å². The number of nitrogens with zero attached hydrogens (tertiary/aromatic N) is 3. The summed E-state index contributed by atoms with van der Waals surface area (Å²) in [5, 5.41) is 0. The van der Waals surface area contributed by atoms with Crippen molar-refractivity contribution in [1.29, 1.82) is 0 Å². The van der Waals surface area contributed by atoms with Crippen LogP contribution < -0.4 is 0 Å². The van der Waals surface area contributed by atoms with Crippen molar-refractivity contribution in [3.05, 3.63) is 87.2 Å². The maximum absolute atomic E-state index is 5.43. The number of hydrogen-bond donors (Lipinski definition) is 0. The average Bonchev–Trinajstić information content (AvgIpc) is 2.90. The maximum atomic E-state index is 5.43. The highest BCUT2D eigenvalue weighted by Gasteiger charge is 2.27. The lowest BCUT2D eigenvalue weighted by molar-refractivity contribution is 0.568. The van der Waals surface area contributed by atoms with Crippen LogP contribution in [0.2, 0.25) is 0 Å². The van der Waals surface area contributed by atoms with Crippen molar-refractivity contribution in [1.82, 2.24) is 4.98 Å². The molecule has 44 heavy (non-hydrogen) atoms. The van der Waals surface area contributed by atoms with Crippen LogP contribution >= 0.6 is 0 Å². The van der Waals surface area contributed by atoms with Crippen LogP contribution in [0.5, 0.6) is 0 Å². The first-order valence-electron chi connectivity index (χ1n) is 16.8. The molecule has 0 amide bonds. The predicted octanol–water partition coefficient (Wildman–Crippen LogP) is 11.2. The van der Waals surface area contributed by atoms with Gasteiger partial charge in [0.25, 0.3) is 0 Å². The highest BCUT2D eigenvalue weighted by Crippen LogP contribution is 2.37. The van der Waals surface area contributed by atoms with Gasteiger partial charge in [-0.15, -0.1) is 0 Å². The third-order valence-corrected chi connectivity index (χ3v) is 9.27. The van der Waals surface area contributed by atoms with E-state index in [4.69, 9.17) is 15.0 Å². The fraction of sp³-hybridized carbons (Fsp3) is 0.537. The molecule has 1 heterocycles. The van der Waals surface area contributed by atoms with Gasteiger partial charge in [0.1, 0.15) is 0 Å². The highest BCUT2D eigenvalue weighted by molar-refractivity contribution is 6.06. The molecule has 5 rings (SSSR count). The third kappa shape index (κ3) is 7.08. The first-order valence-corrected chi connectivity index (χ1v) is 16.8. The van der Waals surface area contributed by atoms with Crippen LogP contribution in [0.3, 0.4) is 0 Å². The SMILES string of the molecule is CC(C)(C)c1cc(/N=C2\CCCc3cc4c(nc32)/C(=N/c2cc(C(C)(C)C)cc(C(C)(C)C)c2)CCC4)cc(C(C)(C)C)c1. The lowest BCUT2D eigenvalue weighted by Crippen LogP contribution is -2.21. The summed E-state index contributed by atoms with van der Waals surface area (Å²) < 4.78 is 0. The molecule has 2 aliphatic carbocycles. The number of benzene rings is 2. The Morgan fingerprint density at radius 3 is 1.05 bits per heavy atom. The summed E-state index contributed by atoms with van der Waals surface area (Å²) in [5.41, 5.74) is 14.8. The molecule has 3 aromatic rings. The Kier molecular flexibility index (Phi) is 8.36. The van der Waals surface area contributed by atoms with Crippen LogP contribution in [0.4, 0.5) is 11.4 Å². The molecule has 1 aromatic heterocycles. The minimum atomic E-state index is 0.0561. The van der Waals surface area contributed by atoms with Crippen molar-refractivity contribution in [2.24, 2.45) is 9.98 Å². The molecule has 3 nitrogen and oxygen atoms in total. The van der Waals surface area contributed by atoms with E-state index in [1.54, 1.807) is 0 Å². The number of aliphatic imine (C=N–C) groups is 2. The van der Waals surface area contributed by atoms with Crippen LogP contribution in [0, 0.1) is 0 Å². The largest absolute Gasteiger partial charge is 0.251 e. The van der Waals surface area contributed by atoms with Crippen LogP contribution in [-0.2, 0) is 34.5 Å². The molecule has 0 saturated carbocycles. The minimum Gasteiger partial charge on any atom is -0.251 e. The molecule has 3 heteroatoms. The van der Waals surface area contributed by atoms with Gasteiger partial charge >= 0.3 is 0 Å². The molecular weight excluding hydrogens is 534 g/mol. The van der Waals surface area contributed by atoms with E-state index in [1.807, 2.05) is 0 Å². The number of fused-ring (bicyclic) bond motifs is 2. The summed E-state index contributed by atoms with van der Waals surface area (Å²) in [6.45, 7) is 27.5. The van der Waals surface area contributed by atoms with Crippen molar-refractivity contribution in [3.63, 3.8) is 0 Å². The summed E-state index contributed by atoms with van der Waals surface area (Å²) in [6, 6.07) is 16.3. The average molecular weight is 590 g/mol. The summed E-state index contributed by atoms with van der Waals surface area (Å²) in [4.78, 5) is 16.1. The van der Waals surface area contributed by atoms with Gasteiger partial charge in [-0.05, 0) is 118 Å². The topological polar surface area (TPSA) is 37.6 Å². The van der Waals surface area contributed by atoms with Crippen LogP contribution in [0.1, 0.15) is 154 Å². The van der Waals surface area contributed by atoms with Gasteiger partial charge in [-0.25, -0.2) is 4.98 Å². The molecular formula is C41H55N3. The Morgan fingerprint density at radius 2 is 0.750 bits per heavy atom. The molecule has 2 aliphatic rings. The van der Waals surface area contributed by atoms with Crippen molar-refractivity contribution < 1.29 is 0 Å². The summed E-state index contributed by atoms with van der Waals surface area (Å²) in [7, 11) is 0. The highest BCUT2D eigenvalue weighted by atomic mass is 14.9. The Morgan fingerprint density at radius 1 is 0.432 bits per heavy atom. The molecule has 0 fully saturated rings. The summed E-state index contributed by atoms with van der Waals surface area (Å²) >= 11 is 0. The predicted molar refractivity (Wildman–Crippen MR) is 190 cm³/mol. The van der Waals surface area contributed by atoms with E-state index in [2.05, 4.69) is 126 Å². The Bertz CT molecular complexity index is 1440. The van der Waals surface area contributed by atoms with E-state index in [0.717, 1.165) is 72.7 Å². The molecule has 0 N–H and O–H groups in total. The Hall–Kier alpha value is -3.07. The number of pyridine rings is 1. The fourth-order valence-corrected chi connectivity index (χ4v) is 6.23. The smallest absolute Gasteiger partial charge is 0.0884 e. The summed E-state index contributed by atoms with van der Waals surface area (Å²) in [6.07, 6.45) is 6.29. The molecule has 0 aliphatic heterocycles. The van der Waals surface area contributed by atoms with Gasteiger partial charge in [0, 0.05) is 0 Å². The normalized spacial score (nSPS) is 18.0. The van der Waals surface area contributed by atoms with Crippen LogP contribution in [0.25, 0.3) is 0 Å². The van der Waals surface area contributed by atoms with Gasteiger partial charge in [0.2, 0.25) is 0 Å². The standard InChI is InChI=1S/C41H55N3/c1-38(2,3)28-20-29(39(4,5)6)23-32(22-28)42-34-17-13-15-26-19-27-16-14-18-35(37(27)44-36(26)34)43-33-24-30(40(7,8)9)21-31(25-33)41(10,11)12/h19-25H,13-18H2,1-12H3/b42-34+,43-35+. The second kappa shape index (κ2) is 11.4. The monoisotopic (exact) mass is 589 g/mol. The molecule has 2 aromatic carbocycles. The first kappa shape index (κ1) is 32.3. The van der Waals surface area contributed by atoms with Gasteiger partial charge in [0.15, 0.2) is 0 Å². The molecule has 0 spiro atoms. The minimum absolute atomic E-state index is 0.0561. The number of rotatable bonds is 2. The number of aryl methyl sites for hydroxylation is 2. The van der Waals surface area contributed by atoms with E-state index in [1.165, 1.54) is 33.4 Å². The third-order valence-electron chi connectivity index (χ3n) is 9.27. The van der Waals surface area contributed by atoms with Gasteiger partial charge < -0.3 is 0 Å². The zero-order chi connectivity index (χ0) is 32.2. The molecule has 0 radical (unpaired) electrons. The molecule has 0 atom stereocenters. The second-order valence-electron chi connectivity index (χ2n) is 17.4. The van der Waals surface area contributed by atoms with Gasteiger partial charge in [-0.2, -0.15) is 0 Å². The Balaban J connectivity index is 1.63. The van der Waals surface area contributed by atoms with E-state index < -0.39 is 0 Å². The zero-order valence-electron chi connectivity index (χ0n) is 29.6. The van der Waals surface area contributed by atoms with Gasteiger partial charge in [-0.1, -0.05) is 101 Å². The Labute approximate surface area is 267 Å². The van der Waals surface area contributed by atoms with Crippen LogP contribution in [0.15, 0.2) is 52.4 Å². The zero-order valence-corrected chi connectivity index (χ0v) is 29.6. The van der Waals surface area contributed by atoms with Gasteiger partial charge in [0.05, 0.1) is 34.2 Å². The second-order valence-corrected chi connectivity index (χ2v) is 17.4. The van der Waals surface area contributed by atoms with E-state index in [0.29, 0.717) is 0 Å². The van der Waals surface area contributed by atoms with Crippen LogP contribution in [-0.4, -0.2) is 16.4 Å². The maximum Gasteiger partial charge on any atom is 0.0884 e. The number of hydrogen-bond acceptors (Lipinski definition) is 3. The molecule has 0 saturated heterocycles. The molecule has 234 valence electrons. The van der Waals surface area contributed by atoms with Crippen molar-refractivity contribution in [2.45, 2.75) is 143 Å². The van der Waals surface area contributed by atoms with E-state index >= 15 is 0 Å². The lowest BCUT2D eigenvalue weighted by atomic mass is 9.80. The number of aromatic nitrogens is 1. The lowest BCUT2D eigenvalue weighted by Gasteiger charge is -2.27. The first-order chi connectivity index (χ1) is 20.3. The molecule has 0 unspecified atom stereocenters. The van der Waals surface area contributed by atoms with E-state index in [9.17, 15) is 0 Å². The quantitative estimate of drug-likeness (QED) is 0.293. The molecule has 0 bridgehead atoms. The van der Waals surface area contributed by atoms with Crippen molar-refractivity contribution >= 4 is 22.8 Å². The fourth-order valence-electron chi connectivity index (χ4n) is 6.23. The van der Waals surface area contributed by atoms with Gasteiger partial charge in [-0.3, -0.25) is 9.98 Å². The summed E-state index contributed by atoms with van der Waals surface area (Å²) in [5.74, 6) is 0. The van der Waals surface area contributed by atoms with Crippen molar-refractivity contribution in [3.8, 4) is 0 Å².